The molecule has 8 heteroatoms. The number of carbonyl (C=O) groups is 1. The number of aryl methyl sites for hydroxylation is 1. The summed E-state index contributed by atoms with van der Waals surface area (Å²) in [7, 11) is 0. The van der Waals surface area contributed by atoms with Gasteiger partial charge in [-0.05, 0) is 37.3 Å². The van der Waals surface area contributed by atoms with E-state index in [-0.39, 0.29) is 11.7 Å². The highest BCUT2D eigenvalue weighted by Gasteiger charge is 2.09. The van der Waals surface area contributed by atoms with Crippen molar-refractivity contribution in [3.63, 3.8) is 0 Å². The molecule has 0 saturated carbocycles. The van der Waals surface area contributed by atoms with E-state index in [2.05, 4.69) is 25.4 Å². The molecule has 2 aromatic heterocycles. The number of benzene rings is 2. The quantitative estimate of drug-likeness (QED) is 0.531. The number of nitrogens with zero attached hydrogens (tertiary/aromatic N) is 4. The summed E-state index contributed by atoms with van der Waals surface area (Å²) in [6, 6.07) is 15.3. The predicted molar refractivity (Wildman–Crippen MR) is 102 cm³/mol. The van der Waals surface area contributed by atoms with Crippen molar-refractivity contribution in [3.05, 3.63) is 60.7 Å². The van der Waals surface area contributed by atoms with E-state index in [1.165, 1.54) is 11.8 Å². The molecule has 4 rings (SSSR count). The van der Waals surface area contributed by atoms with Gasteiger partial charge in [-0.2, -0.15) is 0 Å². The Labute approximate surface area is 153 Å². The molecule has 4 aromatic rings. The van der Waals surface area contributed by atoms with E-state index in [4.69, 9.17) is 0 Å². The second-order valence-corrected chi connectivity index (χ2v) is 6.64. The molecule has 130 valence electrons. The van der Waals surface area contributed by atoms with Gasteiger partial charge in [0.25, 0.3) is 0 Å². The van der Waals surface area contributed by atoms with Crippen LogP contribution in [-0.4, -0.2) is 36.4 Å². The lowest BCUT2D eigenvalue weighted by Crippen LogP contribution is -2.14. The Balaban J connectivity index is 1.37. The number of para-hydroxylation sites is 1. The molecule has 7 nitrogen and oxygen atoms in total. The summed E-state index contributed by atoms with van der Waals surface area (Å²) in [5.41, 5.74) is 3.44. The van der Waals surface area contributed by atoms with E-state index >= 15 is 0 Å². The minimum absolute atomic E-state index is 0.110. The molecule has 0 atom stereocenters. The molecule has 2 heterocycles. The van der Waals surface area contributed by atoms with Gasteiger partial charge in [-0.3, -0.25) is 4.79 Å². The SMILES string of the molecule is Cc1nc2ccc(NC(=O)CSc3ncn(-c4ccccc4)n3)cc2[nH]1. The van der Waals surface area contributed by atoms with Crippen LogP contribution in [0.2, 0.25) is 0 Å². The summed E-state index contributed by atoms with van der Waals surface area (Å²) in [5, 5.41) is 7.82. The van der Waals surface area contributed by atoms with Crippen molar-refractivity contribution in [2.75, 3.05) is 11.1 Å². The van der Waals surface area contributed by atoms with Gasteiger partial charge in [0.05, 0.1) is 22.5 Å². The van der Waals surface area contributed by atoms with Gasteiger partial charge in [-0.25, -0.2) is 14.6 Å². The fraction of sp³-hybridized carbons (Fsp3) is 0.111. The average molecular weight is 364 g/mol. The number of carbonyl (C=O) groups excluding carboxylic acids is 1. The van der Waals surface area contributed by atoms with Crippen LogP contribution in [0.4, 0.5) is 5.69 Å². The van der Waals surface area contributed by atoms with E-state index in [1.54, 1.807) is 11.0 Å². The van der Waals surface area contributed by atoms with Crippen molar-refractivity contribution < 1.29 is 4.79 Å². The number of imidazole rings is 1. The average Bonchev–Trinajstić information content (AvgIpc) is 3.26. The highest BCUT2D eigenvalue weighted by atomic mass is 32.2. The third-order valence-corrected chi connectivity index (χ3v) is 4.56. The summed E-state index contributed by atoms with van der Waals surface area (Å²) >= 11 is 1.30. The predicted octanol–water partition coefficient (Wildman–Crippen LogP) is 3.18. The van der Waals surface area contributed by atoms with Crippen molar-refractivity contribution >= 4 is 34.4 Å². The number of anilines is 1. The van der Waals surface area contributed by atoms with Crippen LogP contribution in [-0.2, 0) is 4.79 Å². The van der Waals surface area contributed by atoms with Crippen LogP contribution in [0.15, 0.2) is 60.0 Å². The fourth-order valence-corrected chi connectivity index (χ4v) is 3.16. The van der Waals surface area contributed by atoms with Gasteiger partial charge < -0.3 is 10.3 Å². The second kappa shape index (κ2) is 7.01. The van der Waals surface area contributed by atoms with Gasteiger partial charge in [0.2, 0.25) is 11.1 Å². The molecule has 0 saturated heterocycles. The smallest absolute Gasteiger partial charge is 0.234 e. The van der Waals surface area contributed by atoms with Crippen molar-refractivity contribution in [2.24, 2.45) is 0 Å². The first-order valence-corrected chi connectivity index (χ1v) is 9.02. The molecule has 0 fully saturated rings. The van der Waals surface area contributed by atoms with Crippen molar-refractivity contribution in [1.29, 1.82) is 0 Å². The van der Waals surface area contributed by atoms with E-state index in [9.17, 15) is 4.79 Å². The van der Waals surface area contributed by atoms with Gasteiger partial charge in [0.1, 0.15) is 12.2 Å². The lowest BCUT2D eigenvalue weighted by atomic mass is 10.3. The number of thioether (sulfide) groups is 1. The molecular weight excluding hydrogens is 348 g/mol. The molecule has 0 radical (unpaired) electrons. The summed E-state index contributed by atoms with van der Waals surface area (Å²) in [5.74, 6) is 0.972. The molecule has 0 unspecified atom stereocenters. The van der Waals surface area contributed by atoms with Gasteiger partial charge >= 0.3 is 0 Å². The zero-order valence-electron chi connectivity index (χ0n) is 14.0. The van der Waals surface area contributed by atoms with Gasteiger partial charge in [0, 0.05) is 5.69 Å². The summed E-state index contributed by atoms with van der Waals surface area (Å²) < 4.78 is 1.69. The Morgan fingerprint density at radius 3 is 2.92 bits per heavy atom. The lowest BCUT2D eigenvalue weighted by Gasteiger charge is -2.04. The highest BCUT2D eigenvalue weighted by molar-refractivity contribution is 7.99. The Morgan fingerprint density at radius 2 is 2.08 bits per heavy atom. The number of hydrogen-bond acceptors (Lipinski definition) is 5. The number of fused-ring (bicyclic) bond motifs is 1. The second-order valence-electron chi connectivity index (χ2n) is 5.70. The van der Waals surface area contributed by atoms with Crippen LogP contribution in [0, 0.1) is 6.92 Å². The first-order chi connectivity index (χ1) is 12.7. The molecular formula is C18H16N6OS. The minimum atomic E-state index is -0.110. The minimum Gasteiger partial charge on any atom is -0.342 e. The maximum absolute atomic E-state index is 12.2. The maximum atomic E-state index is 12.2. The monoisotopic (exact) mass is 364 g/mol. The molecule has 0 spiro atoms. The number of aromatic amines is 1. The topological polar surface area (TPSA) is 88.5 Å². The Bertz CT molecular complexity index is 1060. The molecule has 2 N–H and O–H groups in total. The van der Waals surface area contributed by atoms with Crippen LogP contribution < -0.4 is 5.32 Å². The largest absolute Gasteiger partial charge is 0.342 e. The van der Waals surface area contributed by atoms with Gasteiger partial charge in [-0.1, -0.05) is 30.0 Å². The molecule has 0 aliphatic heterocycles. The van der Waals surface area contributed by atoms with Crippen molar-refractivity contribution in [1.82, 2.24) is 24.7 Å². The number of rotatable bonds is 5. The molecule has 2 aromatic carbocycles. The first-order valence-electron chi connectivity index (χ1n) is 8.03. The molecule has 0 bridgehead atoms. The van der Waals surface area contributed by atoms with Gasteiger partial charge in [0.15, 0.2) is 0 Å². The van der Waals surface area contributed by atoms with E-state index in [0.717, 1.165) is 28.2 Å². The van der Waals surface area contributed by atoms with Crippen molar-refractivity contribution in [2.45, 2.75) is 12.1 Å². The highest BCUT2D eigenvalue weighted by Crippen LogP contribution is 2.18. The van der Waals surface area contributed by atoms with Crippen LogP contribution in [0.1, 0.15) is 5.82 Å². The third kappa shape index (κ3) is 3.60. The van der Waals surface area contributed by atoms with Crippen LogP contribution in [0.5, 0.6) is 0 Å². The Hall–Kier alpha value is -3.13. The van der Waals surface area contributed by atoms with E-state index < -0.39 is 0 Å². The molecule has 26 heavy (non-hydrogen) atoms. The molecule has 0 aliphatic rings. The normalized spacial score (nSPS) is 11.0. The van der Waals surface area contributed by atoms with Crippen LogP contribution >= 0.6 is 11.8 Å². The van der Waals surface area contributed by atoms with Crippen LogP contribution in [0.3, 0.4) is 0 Å². The van der Waals surface area contributed by atoms with Crippen LogP contribution in [0.25, 0.3) is 16.7 Å². The van der Waals surface area contributed by atoms with Crippen molar-refractivity contribution in [3.8, 4) is 5.69 Å². The summed E-state index contributed by atoms with van der Waals surface area (Å²) in [4.78, 5) is 23.9. The number of nitrogens with one attached hydrogen (secondary N) is 2. The van der Waals surface area contributed by atoms with E-state index in [1.807, 2.05) is 55.5 Å². The number of hydrogen-bond donors (Lipinski definition) is 2. The number of amides is 1. The zero-order chi connectivity index (χ0) is 17.9. The number of H-pyrrole nitrogens is 1. The first kappa shape index (κ1) is 16.3. The maximum Gasteiger partial charge on any atom is 0.234 e. The summed E-state index contributed by atoms with van der Waals surface area (Å²) in [6.07, 6.45) is 1.64. The van der Waals surface area contributed by atoms with E-state index in [0.29, 0.717) is 5.16 Å². The third-order valence-electron chi connectivity index (χ3n) is 3.71. The number of aromatic nitrogens is 5. The van der Waals surface area contributed by atoms with Gasteiger partial charge in [-0.15, -0.1) is 5.10 Å². The lowest BCUT2D eigenvalue weighted by molar-refractivity contribution is -0.113. The molecule has 1 amide bonds. The fourth-order valence-electron chi connectivity index (χ4n) is 2.56. The Kier molecular flexibility index (Phi) is 4.40. The molecule has 0 aliphatic carbocycles. The zero-order valence-corrected chi connectivity index (χ0v) is 14.8. The summed E-state index contributed by atoms with van der Waals surface area (Å²) in [6.45, 7) is 1.90. The standard InChI is InChI=1S/C18H16N6OS/c1-12-20-15-8-7-13(9-16(15)21-12)22-17(25)10-26-18-19-11-24(23-18)14-5-3-2-4-6-14/h2-9,11H,10H2,1H3,(H,20,21)(H,22,25). The Morgan fingerprint density at radius 1 is 1.23 bits per heavy atom.